The second-order valence-electron chi connectivity index (χ2n) is 7.58. The van der Waals surface area contributed by atoms with Gasteiger partial charge in [0.25, 0.3) is 11.5 Å². The average Bonchev–Trinajstić information content (AvgIpc) is 2.71. The van der Waals surface area contributed by atoms with Gasteiger partial charge in [-0.15, -0.1) is 0 Å². The van der Waals surface area contributed by atoms with Crippen LogP contribution in [-0.2, 0) is 13.1 Å². The summed E-state index contributed by atoms with van der Waals surface area (Å²) >= 11 is 0. The number of hydrogen-bond acceptors (Lipinski definition) is 5. The first-order valence-corrected chi connectivity index (χ1v) is 9.68. The van der Waals surface area contributed by atoms with E-state index in [1.54, 1.807) is 12.1 Å². The summed E-state index contributed by atoms with van der Waals surface area (Å²) in [6, 6.07) is 4.96. The Morgan fingerprint density at radius 1 is 1.03 bits per heavy atom. The highest BCUT2D eigenvalue weighted by Gasteiger charge is 2.35. The predicted molar refractivity (Wildman–Crippen MR) is 101 cm³/mol. The lowest BCUT2D eigenvalue weighted by Crippen LogP contribution is -2.52. The van der Waals surface area contributed by atoms with Crippen molar-refractivity contribution < 1.29 is 19.4 Å². The number of aliphatic hydroxyl groups is 1. The molecule has 0 radical (unpaired) electrons. The Hall–Kier alpha value is -2.94. The molecule has 8 nitrogen and oxygen atoms in total. The van der Waals surface area contributed by atoms with Crippen LogP contribution in [-0.4, -0.2) is 42.8 Å². The minimum absolute atomic E-state index is 0.109. The van der Waals surface area contributed by atoms with Crippen molar-refractivity contribution in [2.75, 3.05) is 6.54 Å². The minimum atomic E-state index is -0.954. The van der Waals surface area contributed by atoms with Gasteiger partial charge in [0.2, 0.25) is 5.75 Å². The zero-order valence-electron chi connectivity index (χ0n) is 15.8. The van der Waals surface area contributed by atoms with Gasteiger partial charge in [0.05, 0.1) is 12.1 Å². The molecule has 1 aromatic heterocycles. The smallest absolute Gasteiger partial charge is 0.332 e. The second kappa shape index (κ2) is 7.47. The number of fused-ring (bicyclic) bond motifs is 1. The van der Waals surface area contributed by atoms with Crippen LogP contribution in [0.1, 0.15) is 47.8 Å². The molecule has 0 bridgehead atoms. The van der Waals surface area contributed by atoms with E-state index in [1.807, 2.05) is 0 Å². The SMILES string of the molecule is O=C1c2c(O)c(=O)n([C@@H]3CCCC[C@@H]3O)c(=O)n2CCN1Cc1ccc(F)cc1. The molecule has 2 aliphatic rings. The number of halogens is 1. The Kier molecular flexibility index (Phi) is 4.99. The van der Waals surface area contributed by atoms with Gasteiger partial charge in [0.1, 0.15) is 5.82 Å². The van der Waals surface area contributed by atoms with Gasteiger partial charge < -0.3 is 15.1 Å². The van der Waals surface area contributed by atoms with Crippen LogP contribution in [0.5, 0.6) is 5.75 Å². The minimum Gasteiger partial charge on any atom is -0.501 e. The molecule has 154 valence electrons. The van der Waals surface area contributed by atoms with Crippen LogP contribution in [0.3, 0.4) is 0 Å². The number of aromatic hydroxyl groups is 1. The highest BCUT2D eigenvalue weighted by Crippen LogP contribution is 2.28. The van der Waals surface area contributed by atoms with Crippen molar-refractivity contribution in [2.45, 2.75) is 50.9 Å². The number of hydrogen-bond donors (Lipinski definition) is 2. The van der Waals surface area contributed by atoms with E-state index >= 15 is 0 Å². The van der Waals surface area contributed by atoms with Gasteiger partial charge in [-0.05, 0) is 30.5 Å². The third kappa shape index (κ3) is 3.35. The molecule has 2 N–H and O–H groups in total. The van der Waals surface area contributed by atoms with Gasteiger partial charge in [0, 0.05) is 19.6 Å². The first-order valence-electron chi connectivity index (χ1n) is 9.68. The summed E-state index contributed by atoms with van der Waals surface area (Å²) in [5.74, 6) is -1.81. The Morgan fingerprint density at radius 3 is 2.41 bits per heavy atom. The zero-order chi connectivity index (χ0) is 20.7. The molecule has 4 rings (SSSR count). The zero-order valence-corrected chi connectivity index (χ0v) is 15.8. The monoisotopic (exact) mass is 403 g/mol. The number of amides is 1. The topological polar surface area (TPSA) is 105 Å². The average molecular weight is 403 g/mol. The van der Waals surface area contributed by atoms with Gasteiger partial charge >= 0.3 is 5.69 Å². The lowest BCUT2D eigenvalue weighted by atomic mass is 9.92. The highest BCUT2D eigenvalue weighted by atomic mass is 19.1. The van der Waals surface area contributed by atoms with E-state index in [0.717, 1.165) is 22.0 Å². The molecule has 1 aliphatic carbocycles. The van der Waals surface area contributed by atoms with Crippen molar-refractivity contribution >= 4 is 5.91 Å². The summed E-state index contributed by atoms with van der Waals surface area (Å²) in [5, 5.41) is 20.7. The molecule has 0 spiro atoms. The van der Waals surface area contributed by atoms with E-state index in [2.05, 4.69) is 0 Å². The first kappa shape index (κ1) is 19.4. The van der Waals surface area contributed by atoms with Crippen LogP contribution in [0.4, 0.5) is 4.39 Å². The number of benzene rings is 1. The lowest BCUT2D eigenvalue weighted by molar-refractivity contribution is 0.0634. The molecule has 1 saturated carbocycles. The predicted octanol–water partition coefficient (Wildman–Crippen LogP) is 0.987. The van der Waals surface area contributed by atoms with Crippen molar-refractivity contribution in [3.8, 4) is 5.75 Å². The Bertz CT molecular complexity index is 1060. The first-order chi connectivity index (χ1) is 13.9. The summed E-state index contributed by atoms with van der Waals surface area (Å²) in [6.07, 6.45) is 1.66. The number of rotatable bonds is 3. The van der Waals surface area contributed by atoms with Gasteiger partial charge in [-0.1, -0.05) is 25.0 Å². The Labute approximate surface area is 165 Å². The number of aliphatic hydroxyl groups excluding tert-OH is 1. The maximum atomic E-state index is 13.1. The fraction of sp³-hybridized carbons (Fsp3) is 0.450. The van der Waals surface area contributed by atoms with E-state index in [-0.39, 0.29) is 25.3 Å². The van der Waals surface area contributed by atoms with E-state index in [9.17, 15) is 29.0 Å². The summed E-state index contributed by atoms with van der Waals surface area (Å²) in [4.78, 5) is 40.0. The molecule has 1 amide bonds. The van der Waals surface area contributed by atoms with Crippen LogP contribution >= 0.6 is 0 Å². The molecule has 0 saturated heterocycles. The fourth-order valence-corrected chi connectivity index (χ4v) is 4.20. The fourth-order valence-electron chi connectivity index (χ4n) is 4.20. The van der Waals surface area contributed by atoms with Crippen molar-refractivity contribution in [2.24, 2.45) is 0 Å². The van der Waals surface area contributed by atoms with Gasteiger partial charge in [-0.25, -0.2) is 9.18 Å². The number of nitrogens with zero attached hydrogens (tertiary/aromatic N) is 3. The number of carbonyl (C=O) groups is 1. The molecule has 1 fully saturated rings. The highest BCUT2D eigenvalue weighted by molar-refractivity contribution is 5.95. The van der Waals surface area contributed by atoms with E-state index < -0.39 is 40.9 Å². The second-order valence-corrected chi connectivity index (χ2v) is 7.58. The molecular formula is C20H22FN3O5. The summed E-state index contributed by atoms with van der Waals surface area (Å²) in [7, 11) is 0. The molecular weight excluding hydrogens is 381 g/mol. The van der Waals surface area contributed by atoms with Crippen LogP contribution in [0.2, 0.25) is 0 Å². The quantitative estimate of drug-likeness (QED) is 0.795. The molecule has 1 aliphatic heterocycles. The van der Waals surface area contributed by atoms with Crippen molar-refractivity contribution in [1.82, 2.24) is 14.0 Å². The normalized spacial score (nSPS) is 21.9. The summed E-state index contributed by atoms with van der Waals surface area (Å²) in [5.41, 5.74) is -1.30. The van der Waals surface area contributed by atoms with E-state index in [4.69, 9.17) is 0 Å². The number of aromatic nitrogens is 2. The van der Waals surface area contributed by atoms with Crippen LogP contribution in [0, 0.1) is 5.82 Å². The largest absolute Gasteiger partial charge is 0.501 e. The molecule has 2 aromatic rings. The van der Waals surface area contributed by atoms with E-state index in [0.29, 0.717) is 18.4 Å². The van der Waals surface area contributed by atoms with Crippen molar-refractivity contribution in [3.63, 3.8) is 0 Å². The van der Waals surface area contributed by atoms with Gasteiger partial charge in [0.15, 0.2) is 5.69 Å². The van der Waals surface area contributed by atoms with Crippen molar-refractivity contribution in [3.05, 3.63) is 62.2 Å². The van der Waals surface area contributed by atoms with Gasteiger partial charge in [-0.2, -0.15) is 0 Å². The van der Waals surface area contributed by atoms with Crippen LogP contribution < -0.4 is 11.2 Å². The maximum Gasteiger partial charge on any atom is 0.332 e. The Morgan fingerprint density at radius 2 is 1.72 bits per heavy atom. The van der Waals surface area contributed by atoms with Crippen molar-refractivity contribution in [1.29, 1.82) is 0 Å². The van der Waals surface area contributed by atoms with E-state index in [1.165, 1.54) is 17.0 Å². The Balaban J connectivity index is 1.71. The molecule has 1 aromatic carbocycles. The standard InChI is InChI=1S/C20H22FN3O5/c21-13-7-5-12(6-8-13)11-22-9-10-23-16(18(22)27)17(26)19(28)24(20(23)29)14-3-1-2-4-15(14)25/h5-8,14-15,25-26H,1-4,9-11H2/t14-,15+/m1/s1. The molecule has 0 unspecified atom stereocenters. The van der Waals surface area contributed by atoms with Gasteiger partial charge in [-0.3, -0.25) is 18.7 Å². The van der Waals surface area contributed by atoms with Crippen LogP contribution in [0.25, 0.3) is 0 Å². The lowest BCUT2D eigenvalue weighted by Gasteiger charge is -2.33. The molecule has 9 heteroatoms. The molecule has 2 heterocycles. The third-order valence-electron chi connectivity index (χ3n) is 5.75. The molecule has 2 atom stereocenters. The van der Waals surface area contributed by atoms with Crippen LogP contribution in [0.15, 0.2) is 33.9 Å². The summed E-state index contributed by atoms with van der Waals surface area (Å²) < 4.78 is 15.1. The summed E-state index contributed by atoms with van der Waals surface area (Å²) in [6.45, 7) is 0.475. The third-order valence-corrected chi connectivity index (χ3v) is 5.75. The number of carbonyl (C=O) groups excluding carboxylic acids is 1. The maximum absolute atomic E-state index is 13.1. The molecule has 29 heavy (non-hydrogen) atoms.